The Bertz CT molecular complexity index is 956. The first-order chi connectivity index (χ1) is 12.6. The van der Waals surface area contributed by atoms with E-state index in [2.05, 4.69) is 9.82 Å². The number of aromatic nitrogens is 2. The molecule has 0 fully saturated rings. The van der Waals surface area contributed by atoms with Gasteiger partial charge < -0.3 is 4.74 Å². The smallest absolute Gasteiger partial charge is 0.376 e. The van der Waals surface area contributed by atoms with Crippen LogP contribution in [0.15, 0.2) is 23.1 Å². The van der Waals surface area contributed by atoms with Crippen molar-refractivity contribution in [2.24, 2.45) is 0 Å². The van der Waals surface area contributed by atoms with Gasteiger partial charge in [0.1, 0.15) is 16.5 Å². The number of ether oxygens (including phenoxy) is 1. The van der Waals surface area contributed by atoms with Crippen LogP contribution in [0.5, 0.6) is 0 Å². The normalized spacial score (nSPS) is 15.0. The van der Waals surface area contributed by atoms with Crippen LogP contribution in [0.2, 0.25) is 0 Å². The van der Waals surface area contributed by atoms with Crippen LogP contribution < -0.4 is 4.72 Å². The molecule has 2 aromatic rings. The summed E-state index contributed by atoms with van der Waals surface area (Å²) in [5.41, 5.74) is -0.813. The Labute approximate surface area is 151 Å². The monoisotopic (exact) mass is 411 g/mol. The fraction of sp³-hybridized carbons (Fsp3) is 0.400. The predicted molar refractivity (Wildman–Crippen MR) is 82.1 cm³/mol. The predicted octanol–water partition coefficient (Wildman–Crippen LogP) is 2.23. The maximum atomic E-state index is 13.6. The third-order valence-electron chi connectivity index (χ3n) is 3.96. The minimum atomic E-state index is -4.66. The summed E-state index contributed by atoms with van der Waals surface area (Å²) in [6, 6.07) is 1.98. The highest BCUT2D eigenvalue weighted by Crippen LogP contribution is 2.34. The third kappa shape index (κ3) is 4.12. The lowest BCUT2D eigenvalue weighted by Gasteiger charge is -2.15. The van der Waals surface area contributed by atoms with Gasteiger partial charge in [0.15, 0.2) is 5.69 Å². The number of hydrogen-bond acceptors (Lipinski definition) is 4. The van der Waals surface area contributed by atoms with E-state index in [-0.39, 0.29) is 38.3 Å². The zero-order valence-electron chi connectivity index (χ0n) is 13.7. The fourth-order valence-electron chi connectivity index (χ4n) is 2.78. The van der Waals surface area contributed by atoms with Crippen LogP contribution in [0.25, 0.3) is 0 Å². The van der Waals surface area contributed by atoms with Crippen molar-refractivity contribution in [2.75, 3.05) is 13.2 Å². The van der Waals surface area contributed by atoms with E-state index in [1.165, 1.54) is 0 Å². The SMILES string of the molecule is O=S(=O)(NCCn1nc(C(F)(F)F)c2c1CCOC2)c1ccc(F)cc1F. The van der Waals surface area contributed by atoms with E-state index in [0.717, 1.165) is 16.8 Å². The molecule has 27 heavy (non-hydrogen) atoms. The average Bonchev–Trinajstić information content (AvgIpc) is 2.93. The van der Waals surface area contributed by atoms with Crippen molar-refractivity contribution >= 4 is 10.0 Å². The first-order valence-electron chi connectivity index (χ1n) is 7.78. The van der Waals surface area contributed by atoms with Crippen molar-refractivity contribution in [3.8, 4) is 0 Å². The van der Waals surface area contributed by atoms with Gasteiger partial charge in [0.2, 0.25) is 10.0 Å². The van der Waals surface area contributed by atoms with Crippen molar-refractivity contribution in [2.45, 2.75) is 30.6 Å². The third-order valence-corrected chi connectivity index (χ3v) is 5.46. The van der Waals surface area contributed by atoms with Gasteiger partial charge in [0.05, 0.1) is 19.8 Å². The molecule has 1 aliphatic heterocycles. The van der Waals surface area contributed by atoms with Gasteiger partial charge in [-0.1, -0.05) is 0 Å². The molecule has 0 bridgehead atoms. The summed E-state index contributed by atoms with van der Waals surface area (Å²) < 4.78 is 98.2. The van der Waals surface area contributed by atoms with Crippen molar-refractivity contribution in [3.05, 3.63) is 46.8 Å². The molecule has 0 atom stereocenters. The topological polar surface area (TPSA) is 73.2 Å². The second-order valence-electron chi connectivity index (χ2n) is 5.77. The standard InChI is InChI=1S/C15H14F5N3O3S/c16-9-1-2-13(11(17)7-9)27(24,25)21-4-5-23-12-3-6-26-8-10(12)14(22-23)15(18,19)20/h1-2,7,21H,3-6,8H2. The first-order valence-corrected chi connectivity index (χ1v) is 9.26. The van der Waals surface area contributed by atoms with Crippen LogP contribution in [-0.4, -0.2) is 31.3 Å². The molecule has 1 aliphatic rings. The number of benzene rings is 1. The van der Waals surface area contributed by atoms with Crippen LogP contribution in [0.3, 0.4) is 0 Å². The van der Waals surface area contributed by atoms with E-state index in [4.69, 9.17) is 4.74 Å². The molecule has 1 aromatic heterocycles. The summed E-state index contributed by atoms with van der Waals surface area (Å²) in [5.74, 6) is -2.20. The average molecular weight is 411 g/mol. The van der Waals surface area contributed by atoms with Gasteiger partial charge >= 0.3 is 6.18 Å². The molecular formula is C15H14F5N3O3S. The second kappa shape index (κ2) is 7.17. The molecule has 0 unspecified atom stereocenters. The van der Waals surface area contributed by atoms with Crippen LogP contribution in [0, 0.1) is 11.6 Å². The van der Waals surface area contributed by atoms with Crippen molar-refractivity contribution in [1.82, 2.24) is 14.5 Å². The number of nitrogens with one attached hydrogen (secondary N) is 1. The summed E-state index contributed by atoms with van der Waals surface area (Å²) in [6.07, 6.45) is -4.45. The Morgan fingerprint density at radius 2 is 2.00 bits per heavy atom. The van der Waals surface area contributed by atoms with E-state index in [1.54, 1.807) is 0 Å². The van der Waals surface area contributed by atoms with Gasteiger partial charge in [-0.3, -0.25) is 4.68 Å². The molecule has 0 saturated heterocycles. The maximum Gasteiger partial charge on any atom is 0.435 e. The van der Waals surface area contributed by atoms with Gasteiger partial charge in [-0.2, -0.15) is 18.3 Å². The summed E-state index contributed by atoms with van der Waals surface area (Å²) in [7, 11) is -4.30. The molecular weight excluding hydrogens is 397 g/mol. The Morgan fingerprint density at radius 1 is 1.26 bits per heavy atom. The van der Waals surface area contributed by atoms with Gasteiger partial charge in [-0.15, -0.1) is 0 Å². The lowest BCUT2D eigenvalue weighted by molar-refractivity contribution is -0.142. The molecule has 0 amide bonds. The molecule has 1 N–H and O–H groups in total. The summed E-state index contributed by atoms with van der Waals surface area (Å²) in [6.45, 7) is -0.523. The highest BCUT2D eigenvalue weighted by Gasteiger charge is 2.39. The molecule has 12 heteroatoms. The number of nitrogens with zero attached hydrogens (tertiary/aromatic N) is 2. The molecule has 6 nitrogen and oxygen atoms in total. The molecule has 3 rings (SSSR count). The van der Waals surface area contributed by atoms with Gasteiger partial charge in [-0.05, 0) is 12.1 Å². The minimum Gasteiger partial charge on any atom is -0.376 e. The Morgan fingerprint density at radius 3 is 2.67 bits per heavy atom. The van der Waals surface area contributed by atoms with Crippen molar-refractivity contribution in [3.63, 3.8) is 0 Å². The highest BCUT2D eigenvalue weighted by atomic mass is 32.2. The Kier molecular flexibility index (Phi) is 5.23. The summed E-state index contributed by atoms with van der Waals surface area (Å²) in [5, 5.41) is 3.54. The molecule has 0 spiro atoms. The zero-order chi connectivity index (χ0) is 19.8. The molecule has 0 radical (unpaired) electrons. The van der Waals surface area contributed by atoms with Gasteiger partial charge in [-0.25, -0.2) is 21.9 Å². The minimum absolute atomic E-state index is 0.0683. The number of rotatable bonds is 5. The van der Waals surface area contributed by atoms with Crippen LogP contribution in [0.4, 0.5) is 22.0 Å². The quantitative estimate of drug-likeness (QED) is 0.766. The number of alkyl halides is 3. The molecule has 2 heterocycles. The van der Waals surface area contributed by atoms with E-state index in [9.17, 15) is 30.4 Å². The van der Waals surface area contributed by atoms with E-state index < -0.39 is 38.4 Å². The van der Waals surface area contributed by atoms with E-state index in [0.29, 0.717) is 11.8 Å². The highest BCUT2D eigenvalue weighted by molar-refractivity contribution is 7.89. The Hall–Kier alpha value is -2.05. The number of hydrogen-bond donors (Lipinski definition) is 1. The molecule has 0 aliphatic carbocycles. The van der Waals surface area contributed by atoms with Gasteiger partial charge in [0, 0.05) is 30.3 Å². The van der Waals surface area contributed by atoms with E-state index >= 15 is 0 Å². The van der Waals surface area contributed by atoms with Crippen molar-refractivity contribution in [1.29, 1.82) is 0 Å². The van der Waals surface area contributed by atoms with Crippen molar-refractivity contribution < 1.29 is 35.1 Å². The van der Waals surface area contributed by atoms with Gasteiger partial charge in [0.25, 0.3) is 0 Å². The second-order valence-corrected chi connectivity index (χ2v) is 7.51. The zero-order valence-corrected chi connectivity index (χ0v) is 14.5. The maximum absolute atomic E-state index is 13.6. The largest absolute Gasteiger partial charge is 0.435 e. The van der Waals surface area contributed by atoms with E-state index in [1.807, 2.05) is 0 Å². The first kappa shape index (κ1) is 19.7. The number of sulfonamides is 1. The molecule has 0 saturated carbocycles. The number of fused-ring (bicyclic) bond motifs is 1. The molecule has 1 aromatic carbocycles. The Balaban J connectivity index is 1.76. The molecule has 148 valence electrons. The van der Waals surface area contributed by atoms with Crippen LogP contribution >= 0.6 is 0 Å². The number of halogens is 5. The van der Waals surface area contributed by atoms with Crippen LogP contribution in [-0.2, 0) is 40.5 Å². The lowest BCUT2D eigenvalue weighted by Crippen LogP contribution is -2.29. The lowest BCUT2D eigenvalue weighted by atomic mass is 10.1. The fourth-order valence-corrected chi connectivity index (χ4v) is 3.86. The summed E-state index contributed by atoms with van der Waals surface area (Å²) >= 11 is 0. The summed E-state index contributed by atoms with van der Waals surface area (Å²) in [4.78, 5) is -0.754. The van der Waals surface area contributed by atoms with Crippen LogP contribution in [0.1, 0.15) is 17.0 Å².